The number of Topliss-reactive ketones (excluding diaryl/α,β-unsaturated/α-hetero) is 1. The lowest BCUT2D eigenvalue weighted by Gasteiger charge is -2.16. The lowest BCUT2D eigenvalue weighted by atomic mass is 10.0. The summed E-state index contributed by atoms with van der Waals surface area (Å²) >= 11 is 1.44. The molecule has 3 aromatic rings. The Hall–Kier alpha value is -3.17. The molecule has 182 valence electrons. The molecule has 0 aliphatic rings. The van der Waals surface area contributed by atoms with Crippen LogP contribution in [0.5, 0.6) is 5.75 Å². The topological polar surface area (TPSA) is 124 Å². The second-order valence-corrected chi connectivity index (χ2v) is 9.40. The van der Waals surface area contributed by atoms with Gasteiger partial charge in [-0.15, -0.1) is 11.3 Å². The first-order valence-electron chi connectivity index (χ1n) is 11.3. The largest absolute Gasteiger partial charge is 0.491 e. The molecule has 1 aromatic carbocycles. The minimum atomic E-state index is -1.01. The predicted molar refractivity (Wildman–Crippen MR) is 133 cm³/mol. The van der Waals surface area contributed by atoms with E-state index in [0.29, 0.717) is 37.1 Å². The third-order valence-corrected chi connectivity index (χ3v) is 6.55. The molecule has 1 atom stereocenters. The van der Waals surface area contributed by atoms with Crippen molar-refractivity contribution in [3.63, 3.8) is 0 Å². The van der Waals surface area contributed by atoms with Gasteiger partial charge in [0.1, 0.15) is 23.2 Å². The van der Waals surface area contributed by atoms with Crippen LogP contribution in [0.2, 0.25) is 0 Å². The van der Waals surface area contributed by atoms with Crippen molar-refractivity contribution in [3.05, 3.63) is 52.5 Å². The second kappa shape index (κ2) is 11.3. The maximum absolute atomic E-state index is 12.8. The van der Waals surface area contributed by atoms with E-state index in [9.17, 15) is 19.5 Å². The molecule has 2 aromatic heterocycles. The Morgan fingerprint density at radius 3 is 2.50 bits per heavy atom. The van der Waals surface area contributed by atoms with Gasteiger partial charge in [0.15, 0.2) is 0 Å². The fraction of sp³-hybridized carbons (Fsp3) is 0.400. The highest BCUT2D eigenvalue weighted by atomic mass is 32.1. The third kappa shape index (κ3) is 5.66. The van der Waals surface area contributed by atoms with E-state index in [1.54, 1.807) is 0 Å². The average Bonchev–Trinajstić information content (AvgIpc) is 3.33. The monoisotopic (exact) mass is 485 g/mol. The number of aliphatic carboxylic acids is 1. The van der Waals surface area contributed by atoms with Crippen LogP contribution in [-0.4, -0.2) is 46.5 Å². The Balaban J connectivity index is 1.90. The Morgan fingerprint density at radius 1 is 1.21 bits per heavy atom. The standard InChI is InChI=1S/C25H31N3O5S/c1-4-18-20(22(29)23(26)30)21-19(33-11-10-27-17(25(31)32)12-15(2)3)14-34-24(21)28(18)13-16-8-6-5-7-9-16/h5-9,14-15,17,27H,4,10-13H2,1-3H3,(H2,26,30)(H,31,32)/t17-/m0/s1. The van der Waals surface area contributed by atoms with E-state index in [1.165, 1.54) is 11.3 Å². The normalized spacial score (nSPS) is 12.2. The van der Waals surface area contributed by atoms with Crippen molar-refractivity contribution in [2.24, 2.45) is 11.7 Å². The molecule has 4 N–H and O–H groups in total. The summed E-state index contributed by atoms with van der Waals surface area (Å²) < 4.78 is 8.01. The quantitative estimate of drug-likeness (QED) is 0.194. The number of hydrogen-bond acceptors (Lipinski definition) is 6. The molecular weight excluding hydrogens is 454 g/mol. The van der Waals surface area contributed by atoms with Gasteiger partial charge in [-0.05, 0) is 24.3 Å². The minimum Gasteiger partial charge on any atom is -0.491 e. The second-order valence-electron chi connectivity index (χ2n) is 8.54. The number of rotatable bonds is 13. The number of benzene rings is 1. The molecule has 34 heavy (non-hydrogen) atoms. The van der Waals surface area contributed by atoms with Crippen LogP contribution >= 0.6 is 11.3 Å². The fourth-order valence-corrected chi connectivity index (χ4v) is 5.10. The minimum absolute atomic E-state index is 0.212. The van der Waals surface area contributed by atoms with Gasteiger partial charge >= 0.3 is 5.97 Å². The van der Waals surface area contributed by atoms with Crippen LogP contribution in [0, 0.1) is 5.92 Å². The van der Waals surface area contributed by atoms with Gasteiger partial charge in [0.2, 0.25) is 0 Å². The van der Waals surface area contributed by atoms with E-state index in [0.717, 1.165) is 16.1 Å². The van der Waals surface area contributed by atoms with Crippen molar-refractivity contribution in [1.82, 2.24) is 9.88 Å². The van der Waals surface area contributed by atoms with E-state index < -0.39 is 23.7 Å². The van der Waals surface area contributed by atoms with Gasteiger partial charge in [0, 0.05) is 24.2 Å². The van der Waals surface area contributed by atoms with Gasteiger partial charge in [0.25, 0.3) is 11.7 Å². The lowest BCUT2D eigenvalue weighted by molar-refractivity contribution is -0.140. The smallest absolute Gasteiger partial charge is 0.320 e. The number of carboxylic acid groups (broad SMARTS) is 1. The molecule has 0 bridgehead atoms. The number of nitrogens with zero attached hydrogens (tertiary/aromatic N) is 1. The summed E-state index contributed by atoms with van der Waals surface area (Å²) in [5.41, 5.74) is 7.47. The van der Waals surface area contributed by atoms with E-state index in [4.69, 9.17) is 10.5 Å². The number of ether oxygens (including phenoxy) is 1. The highest BCUT2D eigenvalue weighted by Gasteiger charge is 2.28. The van der Waals surface area contributed by atoms with Gasteiger partial charge in [0.05, 0.1) is 10.9 Å². The highest BCUT2D eigenvalue weighted by Crippen LogP contribution is 2.40. The number of aromatic nitrogens is 1. The first kappa shape index (κ1) is 25.5. The molecule has 0 saturated heterocycles. The number of primary amides is 1. The van der Waals surface area contributed by atoms with Crippen molar-refractivity contribution >= 4 is 39.2 Å². The van der Waals surface area contributed by atoms with Crippen molar-refractivity contribution in [1.29, 1.82) is 0 Å². The number of nitrogens with one attached hydrogen (secondary N) is 1. The van der Waals surface area contributed by atoms with Gasteiger partial charge in [-0.1, -0.05) is 51.1 Å². The first-order chi connectivity index (χ1) is 16.2. The zero-order valence-electron chi connectivity index (χ0n) is 19.7. The number of amides is 1. The summed E-state index contributed by atoms with van der Waals surface area (Å²) in [5, 5.41) is 14.8. The number of thiophene rings is 1. The zero-order chi connectivity index (χ0) is 24.8. The zero-order valence-corrected chi connectivity index (χ0v) is 20.5. The van der Waals surface area contributed by atoms with Crippen LogP contribution in [0.1, 0.15) is 48.8 Å². The van der Waals surface area contributed by atoms with Gasteiger partial charge in [-0.3, -0.25) is 14.4 Å². The van der Waals surface area contributed by atoms with Gasteiger partial charge < -0.3 is 25.5 Å². The van der Waals surface area contributed by atoms with E-state index in [1.807, 2.05) is 61.1 Å². The first-order valence-corrected chi connectivity index (χ1v) is 12.2. The molecule has 0 fully saturated rings. The molecule has 0 aliphatic heterocycles. The van der Waals surface area contributed by atoms with E-state index >= 15 is 0 Å². The Bertz CT molecular complexity index is 1170. The number of carbonyl (C=O) groups excluding carboxylic acids is 2. The molecule has 8 nitrogen and oxygen atoms in total. The maximum atomic E-state index is 12.8. The molecule has 9 heteroatoms. The molecule has 1 amide bonds. The van der Waals surface area contributed by atoms with Crippen molar-refractivity contribution in [3.8, 4) is 5.75 Å². The Morgan fingerprint density at radius 2 is 1.91 bits per heavy atom. The molecule has 0 spiro atoms. The number of carboxylic acids is 1. The van der Waals surface area contributed by atoms with Crippen LogP contribution in [0.15, 0.2) is 35.7 Å². The van der Waals surface area contributed by atoms with Crippen molar-refractivity contribution < 1.29 is 24.2 Å². The Labute approximate surface area is 202 Å². The third-order valence-electron chi connectivity index (χ3n) is 5.57. The lowest BCUT2D eigenvalue weighted by Crippen LogP contribution is -2.39. The van der Waals surface area contributed by atoms with Crippen LogP contribution < -0.4 is 15.8 Å². The molecule has 0 radical (unpaired) electrons. The van der Waals surface area contributed by atoms with Gasteiger partial charge in [-0.2, -0.15) is 0 Å². The summed E-state index contributed by atoms with van der Waals surface area (Å²) in [4.78, 5) is 37.0. The van der Waals surface area contributed by atoms with Crippen LogP contribution in [0.3, 0.4) is 0 Å². The maximum Gasteiger partial charge on any atom is 0.320 e. The molecule has 0 unspecified atom stereocenters. The van der Waals surface area contributed by atoms with E-state index in [-0.39, 0.29) is 18.1 Å². The van der Waals surface area contributed by atoms with Crippen LogP contribution in [0.4, 0.5) is 0 Å². The average molecular weight is 486 g/mol. The number of ketones is 1. The number of hydrogen-bond donors (Lipinski definition) is 3. The summed E-state index contributed by atoms with van der Waals surface area (Å²) in [6.07, 6.45) is 1.05. The summed E-state index contributed by atoms with van der Waals surface area (Å²) in [6.45, 7) is 6.96. The molecule has 0 saturated carbocycles. The Kier molecular flexibility index (Phi) is 8.46. The predicted octanol–water partition coefficient (Wildman–Crippen LogP) is 3.45. The van der Waals surface area contributed by atoms with Crippen molar-refractivity contribution in [2.75, 3.05) is 13.2 Å². The SMILES string of the molecule is CCc1c(C(=O)C(N)=O)c2c(OCCN[C@@H](CC(C)C)C(=O)O)csc2n1Cc1ccccc1. The summed E-state index contributed by atoms with van der Waals surface area (Å²) in [7, 11) is 0. The number of nitrogens with two attached hydrogens (primary N) is 1. The van der Waals surface area contributed by atoms with E-state index in [2.05, 4.69) is 5.32 Å². The molecule has 3 rings (SSSR count). The van der Waals surface area contributed by atoms with Gasteiger partial charge in [-0.25, -0.2) is 0 Å². The molecule has 2 heterocycles. The number of carbonyl (C=O) groups is 3. The molecular formula is C25H31N3O5S. The number of fused-ring (bicyclic) bond motifs is 1. The van der Waals surface area contributed by atoms with Crippen LogP contribution in [-0.2, 0) is 22.6 Å². The highest BCUT2D eigenvalue weighted by molar-refractivity contribution is 7.17. The summed E-state index contributed by atoms with van der Waals surface area (Å²) in [5.74, 6) is -1.91. The van der Waals surface area contributed by atoms with Crippen LogP contribution in [0.25, 0.3) is 10.2 Å². The molecule has 0 aliphatic carbocycles. The fourth-order valence-electron chi connectivity index (χ4n) is 4.07. The van der Waals surface area contributed by atoms with Crippen molar-refractivity contribution in [2.45, 2.75) is 46.2 Å². The summed E-state index contributed by atoms with van der Waals surface area (Å²) in [6, 6.07) is 9.21.